The second-order valence-corrected chi connectivity index (χ2v) is 20.8. The molecule has 0 saturated heterocycles. The number of benzene rings is 7. The summed E-state index contributed by atoms with van der Waals surface area (Å²) in [7, 11) is 0. The quantitative estimate of drug-likeness (QED) is 0.169. The number of fused-ring (bicyclic) bond motifs is 10. The Bertz CT molecular complexity index is 2890. The van der Waals surface area contributed by atoms with E-state index in [1.165, 1.54) is 111 Å². The van der Waals surface area contributed by atoms with E-state index in [-0.39, 0.29) is 16.2 Å². The topological polar surface area (TPSA) is 3.24 Å². The van der Waals surface area contributed by atoms with Crippen molar-refractivity contribution in [1.29, 1.82) is 0 Å². The van der Waals surface area contributed by atoms with Crippen LogP contribution >= 0.6 is 0 Å². The maximum Gasteiger partial charge on any atom is 0.0502 e. The van der Waals surface area contributed by atoms with Crippen LogP contribution in [0.3, 0.4) is 0 Å². The van der Waals surface area contributed by atoms with E-state index in [0.717, 1.165) is 23.7 Å². The molecule has 6 atom stereocenters. The van der Waals surface area contributed by atoms with Gasteiger partial charge in [0.1, 0.15) is 0 Å². The average molecular weight is 764 g/mol. The highest BCUT2D eigenvalue weighted by Crippen LogP contribution is 2.89. The predicted molar refractivity (Wildman–Crippen MR) is 246 cm³/mol. The monoisotopic (exact) mass is 763 g/mol. The highest BCUT2D eigenvalue weighted by molar-refractivity contribution is 5.97. The molecule has 0 N–H and O–H groups in total. The summed E-state index contributed by atoms with van der Waals surface area (Å²) < 4.78 is 0. The van der Waals surface area contributed by atoms with Gasteiger partial charge in [-0.1, -0.05) is 143 Å². The first-order chi connectivity index (χ1) is 28.7. The Labute approximate surface area is 350 Å². The van der Waals surface area contributed by atoms with Gasteiger partial charge in [0.25, 0.3) is 0 Å². The van der Waals surface area contributed by atoms with Crippen LogP contribution in [0.4, 0.5) is 17.1 Å². The Hall–Kier alpha value is -5.40. The molecule has 2 bridgehead atoms. The molecule has 6 aliphatic carbocycles. The molecule has 13 rings (SSSR count). The van der Waals surface area contributed by atoms with Crippen LogP contribution in [0.15, 0.2) is 152 Å². The third kappa shape index (κ3) is 4.37. The summed E-state index contributed by atoms with van der Waals surface area (Å²) in [6.07, 6.45) is 8.23. The molecule has 0 aliphatic heterocycles. The number of hydrogen-bond acceptors (Lipinski definition) is 1. The minimum absolute atomic E-state index is 0.0558. The zero-order valence-corrected chi connectivity index (χ0v) is 34.9. The number of hydrogen-bond donors (Lipinski definition) is 0. The van der Waals surface area contributed by atoms with Crippen LogP contribution in [-0.2, 0) is 16.2 Å². The van der Waals surface area contributed by atoms with Crippen molar-refractivity contribution in [3.8, 4) is 33.4 Å². The minimum atomic E-state index is 0.0558. The van der Waals surface area contributed by atoms with Crippen LogP contribution in [0, 0.1) is 29.1 Å². The van der Waals surface area contributed by atoms with Gasteiger partial charge in [-0.2, -0.15) is 0 Å². The molecule has 0 radical (unpaired) electrons. The van der Waals surface area contributed by atoms with Gasteiger partial charge in [-0.3, -0.25) is 0 Å². The van der Waals surface area contributed by atoms with Crippen LogP contribution in [0.2, 0.25) is 0 Å². The van der Waals surface area contributed by atoms with E-state index in [1.54, 1.807) is 11.1 Å². The van der Waals surface area contributed by atoms with Crippen molar-refractivity contribution in [1.82, 2.24) is 0 Å². The fraction of sp³-hybridized carbons (Fsp3) is 0.310. The van der Waals surface area contributed by atoms with E-state index >= 15 is 0 Å². The fourth-order valence-corrected chi connectivity index (χ4v) is 14.9. The van der Waals surface area contributed by atoms with Crippen molar-refractivity contribution in [2.75, 3.05) is 4.90 Å². The van der Waals surface area contributed by atoms with Crippen LogP contribution in [0.1, 0.15) is 88.5 Å². The lowest BCUT2D eigenvalue weighted by molar-refractivity contribution is -0.231. The van der Waals surface area contributed by atoms with E-state index < -0.39 is 0 Å². The van der Waals surface area contributed by atoms with Crippen molar-refractivity contribution in [3.63, 3.8) is 0 Å². The lowest BCUT2D eigenvalue weighted by atomic mass is 9.27. The molecule has 290 valence electrons. The first kappa shape index (κ1) is 34.5. The van der Waals surface area contributed by atoms with E-state index in [4.69, 9.17) is 0 Å². The van der Waals surface area contributed by atoms with Crippen LogP contribution in [-0.4, -0.2) is 0 Å². The maximum atomic E-state index is 2.68. The molecule has 4 saturated carbocycles. The third-order valence-corrected chi connectivity index (χ3v) is 17.4. The molecule has 7 aromatic rings. The van der Waals surface area contributed by atoms with Crippen molar-refractivity contribution in [2.45, 2.75) is 82.5 Å². The van der Waals surface area contributed by atoms with Gasteiger partial charge in [0, 0.05) is 16.8 Å². The van der Waals surface area contributed by atoms with Gasteiger partial charge in [0.15, 0.2) is 0 Å². The molecule has 0 aromatic heterocycles. The van der Waals surface area contributed by atoms with Gasteiger partial charge in [-0.25, -0.2) is 0 Å². The summed E-state index contributed by atoms with van der Waals surface area (Å²) in [5.41, 5.74) is 19.1. The standard InChI is InChI=1S/C58H53N/c1-55(2)28-29-56(3,4)54-49(55)20-11-21-51(54)59(42-24-22-37(23-25-42)39-14-9-15-40(32-39)45-18-10-13-38-12-5-6-16-44(38)45)43-26-27-47-46-17-7-8-19-48(46)58(50(47)34-43)52-31-36-30-41-33-53(58)57(41,52)35-36/h5-27,32,34,36,41,52-53H,28-31,33,35H2,1-4H3. The maximum absolute atomic E-state index is 2.68. The first-order valence-corrected chi connectivity index (χ1v) is 22.6. The summed E-state index contributed by atoms with van der Waals surface area (Å²) in [4.78, 5) is 2.65. The SMILES string of the molecule is CC1(C)CCC(C)(C)c2c(N(c3ccc(-c4cccc(-c5cccc6ccccc56)c4)cc3)c3ccc4c(c3)C3(c5ccccc5-4)C4CC5CC6CC3C64C5)cccc21. The Balaban J connectivity index is 0.971. The van der Waals surface area contributed by atoms with E-state index in [2.05, 4.69) is 184 Å². The summed E-state index contributed by atoms with van der Waals surface area (Å²) in [6, 6.07) is 58.4. The van der Waals surface area contributed by atoms with Crippen LogP contribution in [0.25, 0.3) is 44.2 Å². The highest BCUT2D eigenvalue weighted by Gasteiger charge is 2.84. The summed E-state index contributed by atoms with van der Waals surface area (Å²) in [5.74, 6) is 3.50. The Morgan fingerprint density at radius 1 is 0.492 bits per heavy atom. The highest BCUT2D eigenvalue weighted by atomic mass is 15.1. The molecule has 0 heterocycles. The van der Waals surface area contributed by atoms with Gasteiger partial charge in [-0.15, -0.1) is 0 Å². The molecule has 6 unspecified atom stereocenters. The first-order valence-electron chi connectivity index (χ1n) is 22.6. The van der Waals surface area contributed by atoms with E-state index in [0.29, 0.717) is 5.41 Å². The van der Waals surface area contributed by atoms with Gasteiger partial charge in [0.2, 0.25) is 0 Å². The van der Waals surface area contributed by atoms with Crippen LogP contribution in [0.5, 0.6) is 0 Å². The summed E-state index contributed by atoms with van der Waals surface area (Å²) in [5, 5.41) is 2.57. The van der Waals surface area contributed by atoms with Crippen molar-refractivity contribution < 1.29 is 0 Å². The van der Waals surface area contributed by atoms with Gasteiger partial charge in [-0.05, 0) is 181 Å². The number of nitrogens with zero attached hydrogens (tertiary/aromatic N) is 1. The normalized spacial score (nSPS) is 28.0. The molecule has 1 nitrogen and oxygen atoms in total. The number of rotatable bonds is 5. The second-order valence-electron chi connectivity index (χ2n) is 20.8. The third-order valence-electron chi connectivity index (χ3n) is 17.4. The average Bonchev–Trinajstić information content (AvgIpc) is 3.89. The second kappa shape index (κ2) is 11.7. The van der Waals surface area contributed by atoms with Crippen LogP contribution < -0.4 is 4.90 Å². The van der Waals surface area contributed by atoms with E-state index in [9.17, 15) is 0 Å². The minimum Gasteiger partial charge on any atom is -0.310 e. The molecular weight excluding hydrogens is 711 g/mol. The zero-order valence-electron chi connectivity index (χ0n) is 34.9. The Morgan fingerprint density at radius 3 is 2.05 bits per heavy atom. The number of anilines is 3. The zero-order chi connectivity index (χ0) is 39.5. The Morgan fingerprint density at radius 2 is 1.17 bits per heavy atom. The molecule has 6 aliphatic rings. The summed E-state index contributed by atoms with van der Waals surface area (Å²) in [6.45, 7) is 9.89. The van der Waals surface area contributed by atoms with Gasteiger partial charge < -0.3 is 4.90 Å². The van der Waals surface area contributed by atoms with Crippen molar-refractivity contribution >= 4 is 27.8 Å². The molecule has 1 heteroatoms. The van der Waals surface area contributed by atoms with Crippen molar-refractivity contribution in [2.24, 2.45) is 29.1 Å². The Kier molecular flexibility index (Phi) is 6.81. The molecule has 4 fully saturated rings. The lowest BCUT2D eigenvalue weighted by Gasteiger charge is -2.76. The molecule has 0 amide bonds. The lowest BCUT2D eigenvalue weighted by Crippen LogP contribution is -2.73. The van der Waals surface area contributed by atoms with Gasteiger partial charge >= 0.3 is 0 Å². The smallest absolute Gasteiger partial charge is 0.0502 e. The van der Waals surface area contributed by atoms with Crippen molar-refractivity contribution in [3.05, 3.63) is 174 Å². The summed E-state index contributed by atoms with van der Waals surface area (Å²) >= 11 is 0. The molecule has 7 aromatic carbocycles. The largest absolute Gasteiger partial charge is 0.310 e. The van der Waals surface area contributed by atoms with Gasteiger partial charge in [0.05, 0.1) is 5.69 Å². The molecule has 59 heavy (non-hydrogen) atoms. The molecule has 2 spiro atoms. The van der Waals surface area contributed by atoms with E-state index in [1.807, 2.05) is 0 Å². The fourth-order valence-electron chi connectivity index (χ4n) is 14.9. The molecular formula is C58H53N. The predicted octanol–water partition coefficient (Wildman–Crippen LogP) is 15.3.